The van der Waals surface area contributed by atoms with Gasteiger partial charge in [0.2, 0.25) is 5.82 Å². The molecule has 1 atom stereocenters. The normalized spacial score (nSPS) is 14.2. The van der Waals surface area contributed by atoms with E-state index in [1.807, 2.05) is 6.07 Å². The van der Waals surface area contributed by atoms with Crippen molar-refractivity contribution in [3.63, 3.8) is 0 Å². The average molecular weight is 504 g/mol. The molecule has 4 rings (SSSR count). The SMILES string of the molecule is CC(NC(=O)c1cc(Cl)cc(C(F)(F)F)c1)c1nc(C(=O)NC2CC2)nn1-c1ccc(C#N)cn1. The number of rotatable bonds is 6. The zero-order chi connectivity index (χ0) is 25.3. The minimum Gasteiger partial charge on any atom is -0.347 e. The summed E-state index contributed by atoms with van der Waals surface area (Å²) in [7, 11) is 0. The lowest BCUT2D eigenvalue weighted by Gasteiger charge is -2.15. The average Bonchev–Trinajstić information content (AvgIpc) is 3.51. The number of hydrogen-bond donors (Lipinski definition) is 2. The summed E-state index contributed by atoms with van der Waals surface area (Å²) < 4.78 is 40.6. The van der Waals surface area contributed by atoms with E-state index in [-0.39, 0.29) is 34.1 Å². The zero-order valence-corrected chi connectivity index (χ0v) is 18.9. The van der Waals surface area contributed by atoms with Gasteiger partial charge in [0.15, 0.2) is 11.6 Å². The molecule has 35 heavy (non-hydrogen) atoms. The molecular formula is C22H17ClF3N7O2. The number of alkyl halides is 3. The third-order valence-corrected chi connectivity index (χ3v) is 5.28. The molecule has 2 aromatic heterocycles. The number of benzene rings is 1. The van der Waals surface area contributed by atoms with Gasteiger partial charge in [0.25, 0.3) is 11.8 Å². The van der Waals surface area contributed by atoms with E-state index in [0.717, 1.165) is 25.0 Å². The predicted octanol–water partition coefficient (Wildman–Crippen LogP) is 3.59. The zero-order valence-electron chi connectivity index (χ0n) is 18.1. The summed E-state index contributed by atoms with van der Waals surface area (Å²) in [4.78, 5) is 33.7. The van der Waals surface area contributed by atoms with Gasteiger partial charge in [0.05, 0.1) is 17.2 Å². The van der Waals surface area contributed by atoms with Crippen LogP contribution in [0.3, 0.4) is 0 Å². The summed E-state index contributed by atoms with van der Waals surface area (Å²) in [5.41, 5.74) is -1.07. The highest BCUT2D eigenvalue weighted by atomic mass is 35.5. The largest absolute Gasteiger partial charge is 0.416 e. The number of nitrogens with zero attached hydrogens (tertiary/aromatic N) is 5. The van der Waals surface area contributed by atoms with Gasteiger partial charge in [0.1, 0.15) is 6.07 Å². The lowest BCUT2D eigenvalue weighted by Crippen LogP contribution is -2.29. The first-order valence-electron chi connectivity index (χ1n) is 10.4. The Morgan fingerprint density at radius 1 is 1.23 bits per heavy atom. The van der Waals surface area contributed by atoms with Gasteiger partial charge in [0, 0.05) is 22.8 Å². The highest BCUT2D eigenvalue weighted by Crippen LogP contribution is 2.32. The second-order valence-corrected chi connectivity index (χ2v) is 8.33. The molecule has 0 radical (unpaired) electrons. The molecule has 0 aliphatic heterocycles. The van der Waals surface area contributed by atoms with Gasteiger partial charge in [-0.05, 0) is 50.1 Å². The molecule has 1 aliphatic rings. The van der Waals surface area contributed by atoms with E-state index in [1.165, 1.54) is 29.9 Å². The fraction of sp³-hybridized carbons (Fsp3) is 0.273. The van der Waals surface area contributed by atoms with Gasteiger partial charge >= 0.3 is 6.18 Å². The monoisotopic (exact) mass is 503 g/mol. The minimum atomic E-state index is -4.68. The van der Waals surface area contributed by atoms with Crippen molar-refractivity contribution in [2.45, 2.75) is 38.0 Å². The van der Waals surface area contributed by atoms with Crippen LogP contribution in [-0.2, 0) is 6.18 Å². The van der Waals surface area contributed by atoms with Gasteiger partial charge in [-0.2, -0.15) is 23.1 Å². The van der Waals surface area contributed by atoms with Gasteiger partial charge < -0.3 is 10.6 Å². The lowest BCUT2D eigenvalue weighted by molar-refractivity contribution is -0.137. The third-order valence-electron chi connectivity index (χ3n) is 5.06. The minimum absolute atomic E-state index is 0.0497. The van der Waals surface area contributed by atoms with Crippen LogP contribution in [0.2, 0.25) is 5.02 Å². The molecule has 9 nitrogen and oxygen atoms in total. The standard InChI is InChI=1S/C22H17ClF3N7O2/c1-11(29-20(34)13-6-14(22(24,25)26)8-15(23)7-13)19-31-18(21(35)30-16-3-4-16)32-33(19)17-5-2-12(9-27)10-28-17/h2,5-8,10-11,16H,3-4H2,1H3,(H,29,34)(H,30,35). The van der Waals surface area contributed by atoms with Crippen LogP contribution in [0.25, 0.3) is 5.82 Å². The van der Waals surface area contributed by atoms with Crippen molar-refractivity contribution >= 4 is 23.4 Å². The second kappa shape index (κ2) is 9.34. The first-order chi connectivity index (χ1) is 16.5. The first kappa shape index (κ1) is 24.2. The van der Waals surface area contributed by atoms with Gasteiger partial charge in [-0.15, -0.1) is 5.10 Å². The molecular weight excluding hydrogens is 487 g/mol. The van der Waals surface area contributed by atoms with E-state index >= 15 is 0 Å². The molecule has 1 aromatic carbocycles. The molecule has 2 heterocycles. The number of halogens is 4. The number of carbonyl (C=O) groups is 2. The summed E-state index contributed by atoms with van der Waals surface area (Å²) >= 11 is 5.79. The summed E-state index contributed by atoms with van der Waals surface area (Å²) in [5, 5.41) is 18.3. The molecule has 180 valence electrons. The van der Waals surface area contributed by atoms with Crippen LogP contribution in [0.15, 0.2) is 36.5 Å². The Morgan fingerprint density at radius 3 is 2.57 bits per heavy atom. The maximum absolute atomic E-state index is 13.1. The van der Waals surface area contributed by atoms with E-state index < -0.39 is 29.6 Å². The maximum Gasteiger partial charge on any atom is 0.416 e. The van der Waals surface area contributed by atoms with Crippen LogP contribution in [0.4, 0.5) is 13.2 Å². The van der Waals surface area contributed by atoms with Crippen molar-refractivity contribution in [2.75, 3.05) is 0 Å². The Hall–Kier alpha value is -3.98. The number of nitrogens with one attached hydrogen (secondary N) is 2. The Kier molecular flexibility index (Phi) is 6.45. The van der Waals surface area contributed by atoms with Gasteiger partial charge in [-0.25, -0.2) is 9.97 Å². The molecule has 1 saturated carbocycles. The molecule has 0 spiro atoms. The Bertz CT molecular complexity index is 1330. The van der Waals surface area contributed by atoms with Crippen molar-refractivity contribution in [3.8, 4) is 11.9 Å². The summed E-state index contributed by atoms with van der Waals surface area (Å²) in [6.45, 7) is 1.53. The maximum atomic E-state index is 13.1. The lowest BCUT2D eigenvalue weighted by atomic mass is 10.1. The van der Waals surface area contributed by atoms with E-state index in [4.69, 9.17) is 16.9 Å². The van der Waals surface area contributed by atoms with Crippen LogP contribution in [0.5, 0.6) is 0 Å². The van der Waals surface area contributed by atoms with Crippen molar-refractivity contribution in [1.29, 1.82) is 5.26 Å². The second-order valence-electron chi connectivity index (χ2n) is 7.89. The van der Waals surface area contributed by atoms with Gasteiger partial charge in [-0.1, -0.05) is 11.6 Å². The van der Waals surface area contributed by atoms with Crippen molar-refractivity contribution in [1.82, 2.24) is 30.4 Å². The number of hydrogen-bond acceptors (Lipinski definition) is 6. The van der Waals surface area contributed by atoms with Crippen LogP contribution in [0, 0.1) is 11.3 Å². The molecule has 1 fully saturated rings. The number of amides is 2. The van der Waals surface area contributed by atoms with Crippen LogP contribution < -0.4 is 10.6 Å². The number of pyridine rings is 1. The highest BCUT2D eigenvalue weighted by Gasteiger charge is 2.32. The first-order valence-corrected chi connectivity index (χ1v) is 10.8. The number of aromatic nitrogens is 4. The summed E-state index contributed by atoms with van der Waals surface area (Å²) in [5.74, 6) is -1.18. The molecule has 3 aromatic rings. The summed E-state index contributed by atoms with van der Waals surface area (Å²) in [6, 6.07) is 6.59. The molecule has 2 amide bonds. The third kappa shape index (κ3) is 5.58. The Balaban J connectivity index is 1.65. The molecule has 1 unspecified atom stereocenters. The van der Waals surface area contributed by atoms with E-state index in [9.17, 15) is 22.8 Å². The van der Waals surface area contributed by atoms with Crippen molar-refractivity contribution in [2.24, 2.45) is 0 Å². The van der Waals surface area contributed by atoms with Crippen LogP contribution in [0.1, 0.15) is 63.7 Å². The van der Waals surface area contributed by atoms with Gasteiger partial charge in [-0.3, -0.25) is 9.59 Å². The number of carbonyl (C=O) groups excluding carboxylic acids is 2. The Morgan fingerprint density at radius 2 is 1.97 bits per heavy atom. The molecule has 2 N–H and O–H groups in total. The van der Waals surface area contributed by atoms with E-state index in [0.29, 0.717) is 11.6 Å². The Labute approximate surface area is 201 Å². The molecule has 0 bridgehead atoms. The fourth-order valence-corrected chi connectivity index (χ4v) is 3.39. The van der Waals surface area contributed by atoms with E-state index in [1.54, 1.807) is 0 Å². The van der Waals surface area contributed by atoms with Crippen LogP contribution in [-0.4, -0.2) is 37.6 Å². The van der Waals surface area contributed by atoms with Crippen molar-refractivity contribution in [3.05, 3.63) is 69.9 Å². The number of nitriles is 1. The van der Waals surface area contributed by atoms with Crippen molar-refractivity contribution < 1.29 is 22.8 Å². The molecule has 1 aliphatic carbocycles. The predicted molar refractivity (Wildman–Crippen MR) is 117 cm³/mol. The topological polar surface area (TPSA) is 126 Å². The quantitative estimate of drug-likeness (QED) is 0.529. The molecule has 0 saturated heterocycles. The highest BCUT2D eigenvalue weighted by molar-refractivity contribution is 6.31. The smallest absolute Gasteiger partial charge is 0.347 e. The summed E-state index contributed by atoms with van der Waals surface area (Å²) in [6.07, 6.45) is -1.68. The van der Waals surface area contributed by atoms with E-state index in [2.05, 4.69) is 25.7 Å². The molecule has 13 heteroatoms. The van der Waals surface area contributed by atoms with Crippen LogP contribution >= 0.6 is 11.6 Å². The fourth-order valence-electron chi connectivity index (χ4n) is 3.15.